The molecule has 1 atom stereocenters. The van der Waals surface area contributed by atoms with E-state index >= 15 is 0 Å². The molecular formula is C13H12Cl2N2O2. The first-order valence-corrected chi connectivity index (χ1v) is 6.77. The topological polar surface area (TPSA) is 44.2 Å². The molecule has 1 unspecified atom stereocenters. The van der Waals surface area contributed by atoms with E-state index in [0.717, 1.165) is 30.4 Å². The van der Waals surface area contributed by atoms with Crippen molar-refractivity contribution < 1.29 is 9.47 Å². The van der Waals surface area contributed by atoms with E-state index < -0.39 is 0 Å². The lowest BCUT2D eigenvalue weighted by Crippen LogP contribution is -2.00. The second-order valence-electron chi connectivity index (χ2n) is 4.40. The van der Waals surface area contributed by atoms with Crippen molar-refractivity contribution in [3.05, 3.63) is 28.1 Å². The fourth-order valence-corrected chi connectivity index (χ4v) is 2.90. The van der Waals surface area contributed by atoms with Crippen LogP contribution < -0.4 is 4.74 Å². The van der Waals surface area contributed by atoms with Crippen LogP contribution in [0.25, 0.3) is 10.9 Å². The molecule has 0 saturated carbocycles. The third kappa shape index (κ3) is 2.36. The Morgan fingerprint density at radius 2 is 2.16 bits per heavy atom. The van der Waals surface area contributed by atoms with Crippen LogP contribution >= 0.6 is 23.2 Å². The summed E-state index contributed by atoms with van der Waals surface area (Å²) in [5.41, 5.74) is 1.64. The van der Waals surface area contributed by atoms with Crippen molar-refractivity contribution in [3.8, 4) is 5.75 Å². The van der Waals surface area contributed by atoms with Crippen molar-refractivity contribution in [3.63, 3.8) is 0 Å². The Balaban J connectivity index is 2.27. The van der Waals surface area contributed by atoms with Gasteiger partial charge >= 0.3 is 0 Å². The molecule has 19 heavy (non-hydrogen) atoms. The van der Waals surface area contributed by atoms with Gasteiger partial charge in [-0.25, -0.2) is 9.97 Å². The SMILES string of the molecule is COc1cc(C2CCCO2)c2c(Cl)nc(Cl)nc2c1. The van der Waals surface area contributed by atoms with E-state index in [1.54, 1.807) is 13.2 Å². The van der Waals surface area contributed by atoms with Gasteiger partial charge in [-0.3, -0.25) is 0 Å². The number of hydrogen-bond donors (Lipinski definition) is 0. The normalized spacial score (nSPS) is 19.0. The fourth-order valence-electron chi connectivity index (χ4n) is 2.39. The zero-order valence-corrected chi connectivity index (χ0v) is 11.8. The highest BCUT2D eigenvalue weighted by molar-refractivity contribution is 6.36. The van der Waals surface area contributed by atoms with Crippen molar-refractivity contribution in [1.82, 2.24) is 9.97 Å². The molecule has 100 valence electrons. The zero-order valence-electron chi connectivity index (χ0n) is 10.3. The molecule has 3 rings (SSSR count). The Bertz CT molecular complexity index is 628. The van der Waals surface area contributed by atoms with Crippen molar-refractivity contribution in [2.24, 2.45) is 0 Å². The van der Waals surface area contributed by atoms with Gasteiger partial charge < -0.3 is 9.47 Å². The van der Waals surface area contributed by atoms with Gasteiger partial charge in [0.15, 0.2) is 0 Å². The van der Waals surface area contributed by atoms with Crippen molar-refractivity contribution >= 4 is 34.1 Å². The van der Waals surface area contributed by atoms with Crippen LogP contribution in [0.15, 0.2) is 12.1 Å². The Labute approximate surface area is 120 Å². The summed E-state index contributed by atoms with van der Waals surface area (Å²) in [5.74, 6) is 0.712. The summed E-state index contributed by atoms with van der Waals surface area (Å²) in [6.07, 6.45) is 2.01. The highest BCUT2D eigenvalue weighted by Crippen LogP contribution is 2.38. The third-order valence-corrected chi connectivity index (χ3v) is 3.69. The largest absolute Gasteiger partial charge is 0.497 e. The molecule has 6 heteroatoms. The first kappa shape index (κ1) is 12.9. The molecule has 0 bridgehead atoms. The molecule has 1 aliphatic rings. The molecule has 2 heterocycles. The maximum Gasteiger partial charge on any atom is 0.224 e. The maximum absolute atomic E-state index is 6.21. The van der Waals surface area contributed by atoms with Crippen LogP contribution in [0.4, 0.5) is 0 Å². The van der Waals surface area contributed by atoms with Gasteiger partial charge in [0.05, 0.1) is 18.7 Å². The minimum Gasteiger partial charge on any atom is -0.497 e. The Kier molecular flexibility index (Phi) is 3.48. The second-order valence-corrected chi connectivity index (χ2v) is 5.09. The summed E-state index contributed by atoms with van der Waals surface area (Å²) in [6, 6.07) is 3.73. The molecule has 1 aromatic heterocycles. The molecule has 0 amide bonds. The third-order valence-electron chi connectivity index (χ3n) is 3.24. The number of hydrogen-bond acceptors (Lipinski definition) is 4. The molecule has 0 aliphatic carbocycles. The van der Waals surface area contributed by atoms with Crippen LogP contribution in [0.3, 0.4) is 0 Å². The molecule has 0 radical (unpaired) electrons. The Morgan fingerprint density at radius 1 is 1.32 bits per heavy atom. The van der Waals surface area contributed by atoms with Gasteiger partial charge in [0.2, 0.25) is 5.28 Å². The molecule has 1 saturated heterocycles. The van der Waals surface area contributed by atoms with E-state index in [1.165, 1.54) is 0 Å². The number of ether oxygens (including phenoxy) is 2. The van der Waals surface area contributed by atoms with Crippen LogP contribution in [0.5, 0.6) is 5.75 Å². The molecule has 1 aliphatic heterocycles. The Morgan fingerprint density at radius 3 is 2.84 bits per heavy atom. The summed E-state index contributed by atoms with van der Waals surface area (Å²) < 4.78 is 11.0. The summed E-state index contributed by atoms with van der Waals surface area (Å²) in [7, 11) is 1.62. The molecule has 0 N–H and O–H groups in total. The van der Waals surface area contributed by atoms with Crippen LogP contribution in [-0.2, 0) is 4.74 Å². The van der Waals surface area contributed by atoms with Gasteiger partial charge in [0, 0.05) is 18.1 Å². The summed E-state index contributed by atoms with van der Waals surface area (Å²) in [6.45, 7) is 0.759. The lowest BCUT2D eigenvalue weighted by Gasteiger charge is -2.15. The second kappa shape index (κ2) is 5.12. The van der Waals surface area contributed by atoms with Crippen molar-refractivity contribution in [1.29, 1.82) is 0 Å². The molecule has 1 fully saturated rings. The minimum atomic E-state index is 0.0138. The van der Waals surface area contributed by atoms with Gasteiger partial charge in [0.1, 0.15) is 10.9 Å². The number of fused-ring (bicyclic) bond motifs is 1. The number of nitrogens with zero attached hydrogens (tertiary/aromatic N) is 2. The number of rotatable bonds is 2. The molecule has 4 nitrogen and oxygen atoms in total. The van der Waals surface area contributed by atoms with Crippen molar-refractivity contribution in [2.75, 3.05) is 13.7 Å². The average molecular weight is 299 g/mol. The van der Waals surface area contributed by atoms with E-state index in [1.807, 2.05) is 6.07 Å². The van der Waals surface area contributed by atoms with Gasteiger partial charge in [-0.05, 0) is 36.1 Å². The monoisotopic (exact) mass is 298 g/mol. The molecular weight excluding hydrogens is 287 g/mol. The predicted octanol–water partition coefficient (Wildman–Crippen LogP) is 3.80. The molecule has 1 aromatic carbocycles. The standard InChI is InChI=1S/C13H12Cl2N2O2/c1-18-7-5-8(10-3-2-4-19-10)11-9(6-7)16-13(15)17-12(11)14/h5-6,10H,2-4H2,1H3. The average Bonchev–Trinajstić information content (AvgIpc) is 2.90. The van der Waals surface area contributed by atoms with Gasteiger partial charge in [-0.1, -0.05) is 11.6 Å². The summed E-state index contributed by atoms with van der Waals surface area (Å²) >= 11 is 12.1. The van der Waals surface area contributed by atoms with Gasteiger partial charge in [-0.2, -0.15) is 0 Å². The number of halogens is 2. The first-order valence-electron chi connectivity index (χ1n) is 6.01. The molecule has 0 spiro atoms. The number of benzene rings is 1. The minimum absolute atomic E-state index is 0.0138. The number of aromatic nitrogens is 2. The predicted molar refractivity (Wildman–Crippen MR) is 74.0 cm³/mol. The Hall–Kier alpha value is -1.10. The van der Waals surface area contributed by atoms with E-state index in [2.05, 4.69) is 9.97 Å². The van der Waals surface area contributed by atoms with Crippen LogP contribution in [0.1, 0.15) is 24.5 Å². The van der Waals surface area contributed by atoms with Gasteiger partial charge in [0.25, 0.3) is 0 Å². The smallest absolute Gasteiger partial charge is 0.224 e. The van der Waals surface area contributed by atoms with E-state index in [0.29, 0.717) is 16.4 Å². The summed E-state index contributed by atoms with van der Waals surface area (Å²) in [5, 5.41) is 1.27. The zero-order chi connectivity index (χ0) is 13.4. The quantitative estimate of drug-likeness (QED) is 0.625. The highest BCUT2D eigenvalue weighted by atomic mass is 35.5. The van der Waals surface area contributed by atoms with Crippen LogP contribution in [0.2, 0.25) is 10.4 Å². The molecule has 2 aromatic rings. The van der Waals surface area contributed by atoms with Gasteiger partial charge in [-0.15, -0.1) is 0 Å². The lowest BCUT2D eigenvalue weighted by molar-refractivity contribution is 0.113. The maximum atomic E-state index is 6.21. The van der Waals surface area contributed by atoms with Crippen molar-refractivity contribution in [2.45, 2.75) is 18.9 Å². The first-order chi connectivity index (χ1) is 9.19. The highest BCUT2D eigenvalue weighted by Gasteiger charge is 2.23. The fraction of sp³-hybridized carbons (Fsp3) is 0.385. The summed E-state index contributed by atoms with van der Waals surface area (Å²) in [4.78, 5) is 8.22. The van der Waals surface area contributed by atoms with Crippen LogP contribution in [0, 0.1) is 0 Å². The van der Waals surface area contributed by atoms with Crippen LogP contribution in [-0.4, -0.2) is 23.7 Å². The van der Waals surface area contributed by atoms with E-state index in [-0.39, 0.29) is 11.4 Å². The number of methoxy groups -OCH3 is 1. The van der Waals surface area contributed by atoms with E-state index in [4.69, 9.17) is 32.7 Å². The van der Waals surface area contributed by atoms with E-state index in [9.17, 15) is 0 Å². The lowest BCUT2D eigenvalue weighted by atomic mass is 10.0.